The number of rotatable bonds is 3. The lowest BCUT2D eigenvalue weighted by molar-refractivity contribution is -0.134. The topological polar surface area (TPSA) is 74.1 Å². The minimum atomic E-state index is -0.906. The molecule has 1 N–H and O–H groups in total. The highest BCUT2D eigenvalue weighted by molar-refractivity contribution is 8.27. The smallest absolute Gasteiger partial charge is 0.274 e. The van der Waals surface area contributed by atoms with Gasteiger partial charge in [-0.15, -0.1) is 0 Å². The zero-order valence-corrected chi connectivity index (χ0v) is 15.1. The molecule has 0 fully saturated rings. The molecule has 0 aliphatic carbocycles. The first-order valence-electron chi connectivity index (χ1n) is 8.29. The van der Waals surface area contributed by atoms with Crippen LogP contribution in [0.25, 0.3) is 0 Å². The number of hydrogen-bond acceptors (Lipinski definition) is 5. The number of amides is 2. The van der Waals surface area contributed by atoms with Crippen LogP contribution in [0.2, 0.25) is 0 Å². The summed E-state index contributed by atoms with van der Waals surface area (Å²) in [5.74, 6) is -1.10. The number of aliphatic imine (C=N–C) groups is 1. The normalized spacial score (nSPS) is 21.4. The average molecular weight is 382 g/mol. The van der Waals surface area contributed by atoms with Crippen molar-refractivity contribution in [1.82, 2.24) is 10.3 Å². The Morgan fingerprint density at radius 2 is 1.85 bits per heavy atom. The highest BCUT2D eigenvalue weighted by Gasteiger charge is 2.43. The van der Waals surface area contributed by atoms with E-state index >= 15 is 0 Å². The second-order valence-corrected chi connectivity index (χ2v) is 7.07. The lowest BCUT2D eigenvalue weighted by Crippen LogP contribution is -2.52. The Balaban J connectivity index is 1.73. The maximum absolute atomic E-state index is 13.3. The third-order valence-corrected chi connectivity index (χ3v) is 5.16. The molecule has 0 unspecified atom stereocenters. The molecule has 27 heavy (non-hydrogen) atoms. The molecular formula is C19H15FN4O2S. The van der Waals surface area contributed by atoms with E-state index in [1.807, 2.05) is 30.3 Å². The van der Waals surface area contributed by atoms with Gasteiger partial charge in [0.25, 0.3) is 5.91 Å². The van der Waals surface area contributed by atoms with Crippen LogP contribution in [0.1, 0.15) is 24.1 Å². The van der Waals surface area contributed by atoms with Crippen molar-refractivity contribution >= 4 is 33.8 Å². The van der Waals surface area contributed by atoms with Crippen molar-refractivity contribution in [3.8, 4) is 0 Å². The van der Waals surface area contributed by atoms with Crippen LogP contribution in [-0.2, 0) is 9.59 Å². The number of carbonyl (C=O) groups excluding carboxylic acids is 2. The minimum absolute atomic E-state index is 0.349. The third-order valence-electron chi connectivity index (χ3n) is 4.19. The van der Waals surface area contributed by atoms with E-state index in [-0.39, 0.29) is 17.6 Å². The fourth-order valence-electron chi connectivity index (χ4n) is 2.95. The lowest BCUT2D eigenvalue weighted by atomic mass is 9.98. The SMILES string of the molecule is CC(=O)N[C@@H]1C(=O)N2N=C(c3ccccc3)SC2=N[C@@H]1c1ccc(F)cc1. The lowest BCUT2D eigenvalue weighted by Gasteiger charge is -2.31. The number of nitrogens with one attached hydrogen (secondary N) is 1. The molecule has 2 atom stereocenters. The van der Waals surface area contributed by atoms with Crippen LogP contribution in [0, 0.1) is 5.82 Å². The summed E-state index contributed by atoms with van der Waals surface area (Å²) >= 11 is 1.29. The Morgan fingerprint density at radius 3 is 2.52 bits per heavy atom. The number of hydrazone groups is 1. The zero-order valence-electron chi connectivity index (χ0n) is 14.3. The number of thioether (sulfide) groups is 1. The van der Waals surface area contributed by atoms with E-state index in [0.29, 0.717) is 15.8 Å². The molecule has 4 rings (SSSR count). The molecule has 0 radical (unpaired) electrons. The average Bonchev–Trinajstić information content (AvgIpc) is 3.10. The largest absolute Gasteiger partial charge is 0.342 e. The summed E-state index contributed by atoms with van der Waals surface area (Å²) in [6, 6.07) is 13.7. The fraction of sp³-hybridized carbons (Fsp3) is 0.158. The molecule has 0 saturated carbocycles. The summed E-state index contributed by atoms with van der Waals surface area (Å²) < 4.78 is 13.3. The van der Waals surface area contributed by atoms with Gasteiger partial charge in [0.05, 0.1) is 0 Å². The van der Waals surface area contributed by atoms with Crippen LogP contribution in [0.4, 0.5) is 4.39 Å². The van der Waals surface area contributed by atoms with Crippen molar-refractivity contribution in [3.05, 3.63) is 71.5 Å². The Morgan fingerprint density at radius 1 is 1.15 bits per heavy atom. The molecule has 8 heteroatoms. The molecule has 2 amide bonds. The fourth-order valence-corrected chi connectivity index (χ4v) is 3.89. The second-order valence-electron chi connectivity index (χ2n) is 6.11. The van der Waals surface area contributed by atoms with E-state index in [4.69, 9.17) is 0 Å². The van der Waals surface area contributed by atoms with Gasteiger partial charge in [0.2, 0.25) is 5.91 Å². The predicted octanol–water partition coefficient (Wildman–Crippen LogP) is 2.68. The van der Waals surface area contributed by atoms with E-state index in [2.05, 4.69) is 15.4 Å². The first kappa shape index (κ1) is 17.4. The van der Waals surface area contributed by atoms with Crippen molar-refractivity contribution in [2.75, 3.05) is 0 Å². The van der Waals surface area contributed by atoms with Gasteiger partial charge in [-0.2, -0.15) is 10.1 Å². The number of nitrogens with zero attached hydrogens (tertiary/aromatic N) is 3. The number of carbonyl (C=O) groups is 2. The molecule has 0 spiro atoms. The van der Waals surface area contributed by atoms with Crippen LogP contribution in [0.15, 0.2) is 64.7 Å². The van der Waals surface area contributed by atoms with Gasteiger partial charge in [0.1, 0.15) is 22.9 Å². The summed E-state index contributed by atoms with van der Waals surface area (Å²) in [7, 11) is 0. The molecule has 2 aromatic rings. The maximum atomic E-state index is 13.3. The molecule has 6 nitrogen and oxygen atoms in total. The summed E-state index contributed by atoms with van der Waals surface area (Å²) in [5, 5.41) is 9.36. The van der Waals surface area contributed by atoms with E-state index in [0.717, 1.165) is 5.56 Å². The van der Waals surface area contributed by atoms with Gasteiger partial charge in [-0.1, -0.05) is 42.5 Å². The van der Waals surface area contributed by atoms with Gasteiger partial charge in [-0.05, 0) is 29.5 Å². The minimum Gasteiger partial charge on any atom is -0.342 e. The van der Waals surface area contributed by atoms with Crippen molar-refractivity contribution < 1.29 is 14.0 Å². The van der Waals surface area contributed by atoms with Gasteiger partial charge in [0, 0.05) is 12.5 Å². The molecule has 2 aliphatic heterocycles. The number of halogens is 1. The number of fused-ring (bicyclic) bond motifs is 1. The van der Waals surface area contributed by atoms with E-state index < -0.39 is 12.1 Å². The quantitative estimate of drug-likeness (QED) is 0.887. The summed E-state index contributed by atoms with van der Waals surface area (Å²) in [6.07, 6.45) is 0. The van der Waals surface area contributed by atoms with Gasteiger partial charge in [0.15, 0.2) is 5.17 Å². The maximum Gasteiger partial charge on any atom is 0.274 e. The first-order valence-corrected chi connectivity index (χ1v) is 9.11. The molecule has 2 heterocycles. The second kappa shape index (κ2) is 6.96. The molecule has 0 bridgehead atoms. The van der Waals surface area contributed by atoms with Gasteiger partial charge >= 0.3 is 0 Å². The predicted molar refractivity (Wildman–Crippen MR) is 102 cm³/mol. The van der Waals surface area contributed by atoms with Gasteiger partial charge in [-0.25, -0.2) is 9.38 Å². The highest BCUT2D eigenvalue weighted by Crippen LogP contribution is 2.35. The number of amidine groups is 1. The third kappa shape index (κ3) is 3.35. The van der Waals surface area contributed by atoms with E-state index in [1.165, 1.54) is 35.8 Å². The molecule has 2 aromatic carbocycles. The van der Waals surface area contributed by atoms with Gasteiger partial charge in [-0.3, -0.25) is 9.59 Å². The molecule has 0 saturated heterocycles. The molecule has 136 valence electrons. The number of hydrogen-bond donors (Lipinski definition) is 1. The standard InChI is InChI=1S/C19H15FN4O2S/c1-11(25)21-16-15(12-7-9-14(20)10-8-12)22-19-24(18(16)26)23-17(27-19)13-5-3-2-4-6-13/h2-10,15-16H,1H3,(H,21,25)/t15-,16+/m1/s1. The van der Waals surface area contributed by atoms with E-state index in [1.54, 1.807) is 12.1 Å². The molecule has 2 aliphatic rings. The summed E-state index contributed by atoms with van der Waals surface area (Å²) in [6.45, 7) is 1.34. The van der Waals surface area contributed by atoms with Crippen molar-refractivity contribution in [2.24, 2.45) is 10.1 Å². The van der Waals surface area contributed by atoms with Crippen molar-refractivity contribution in [3.63, 3.8) is 0 Å². The summed E-state index contributed by atoms with van der Waals surface area (Å²) in [4.78, 5) is 29.3. The van der Waals surface area contributed by atoms with Crippen LogP contribution < -0.4 is 5.32 Å². The van der Waals surface area contributed by atoms with Crippen LogP contribution in [0.3, 0.4) is 0 Å². The van der Waals surface area contributed by atoms with Gasteiger partial charge < -0.3 is 5.32 Å². The Bertz CT molecular complexity index is 959. The Labute approximate surface area is 159 Å². The van der Waals surface area contributed by atoms with Crippen molar-refractivity contribution in [2.45, 2.75) is 19.0 Å². The molecular weight excluding hydrogens is 367 g/mol. The Hall–Kier alpha value is -3.00. The van der Waals surface area contributed by atoms with Crippen LogP contribution in [0.5, 0.6) is 0 Å². The van der Waals surface area contributed by atoms with Crippen LogP contribution >= 0.6 is 11.8 Å². The highest BCUT2D eigenvalue weighted by atomic mass is 32.2. The molecule has 0 aromatic heterocycles. The summed E-state index contributed by atoms with van der Waals surface area (Å²) in [5.41, 5.74) is 1.52. The van der Waals surface area contributed by atoms with Crippen LogP contribution in [-0.4, -0.2) is 33.1 Å². The monoisotopic (exact) mass is 382 g/mol. The Kier molecular flexibility index (Phi) is 4.49. The van der Waals surface area contributed by atoms with Crippen molar-refractivity contribution in [1.29, 1.82) is 0 Å². The van der Waals surface area contributed by atoms with E-state index in [9.17, 15) is 14.0 Å². The number of benzene rings is 2. The zero-order chi connectivity index (χ0) is 19.0. The first-order chi connectivity index (χ1) is 13.0.